The average Bonchev–Trinajstić information content (AvgIpc) is 2.58. The van der Waals surface area contributed by atoms with Crippen LogP contribution >= 0.6 is 0 Å². The predicted molar refractivity (Wildman–Crippen MR) is 96.7 cm³/mol. The first-order chi connectivity index (χ1) is 11.9. The normalized spacial score (nSPS) is 17.0. The lowest BCUT2D eigenvalue weighted by atomic mass is 9.89. The molecule has 0 unspecified atom stereocenters. The van der Waals surface area contributed by atoms with E-state index in [-0.39, 0.29) is 23.0 Å². The van der Waals surface area contributed by atoms with E-state index in [0.717, 1.165) is 36.6 Å². The largest absolute Gasteiger partial charge is 0.301 e. The molecule has 0 fully saturated rings. The molecule has 8 nitrogen and oxygen atoms in total. The van der Waals surface area contributed by atoms with Gasteiger partial charge in [-0.2, -0.15) is 5.10 Å². The van der Waals surface area contributed by atoms with Crippen LogP contribution in [0.3, 0.4) is 0 Å². The summed E-state index contributed by atoms with van der Waals surface area (Å²) in [6.45, 7) is 3.92. The molecule has 0 saturated heterocycles. The van der Waals surface area contributed by atoms with Crippen molar-refractivity contribution < 1.29 is 9.85 Å². The molecule has 25 heavy (non-hydrogen) atoms. The van der Waals surface area contributed by atoms with Crippen LogP contribution in [0.15, 0.2) is 47.1 Å². The van der Waals surface area contributed by atoms with Crippen molar-refractivity contribution in [3.63, 3.8) is 0 Å². The van der Waals surface area contributed by atoms with Gasteiger partial charge in [-0.1, -0.05) is 17.7 Å². The number of anilines is 1. The fourth-order valence-corrected chi connectivity index (χ4v) is 2.60. The number of hydrogen-bond donors (Lipinski definition) is 1. The highest BCUT2D eigenvalue weighted by atomic mass is 16.6. The number of nitrogens with zero attached hydrogens (tertiary/aromatic N) is 3. The van der Waals surface area contributed by atoms with Gasteiger partial charge in [-0.05, 0) is 45.3 Å². The van der Waals surface area contributed by atoms with Crippen molar-refractivity contribution in [2.24, 2.45) is 11.0 Å². The van der Waals surface area contributed by atoms with Crippen LogP contribution in [0, 0.1) is 26.1 Å². The Morgan fingerprint density at radius 2 is 2.00 bits per heavy atom. The molecule has 1 N–H and O–H groups in total. The summed E-state index contributed by atoms with van der Waals surface area (Å²) in [5, 5.41) is 26.4. The number of hydrazone groups is 1. The summed E-state index contributed by atoms with van der Waals surface area (Å²) >= 11 is 0. The van der Waals surface area contributed by atoms with Crippen molar-refractivity contribution in [2.45, 2.75) is 33.1 Å². The van der Waals surface area contributed by atoms with E-state index in [2.05, 4.69) is 22.7 Å². The molecule has 1 aliphatic carbocycles. The molecule has 0 saturated carbocycles. The Kier molecular flexibility index (Phi) is 5.99. The third-order valence-electron chi connectivity index (χ3n) is 3.82. The van der Waals surface area contributed by atoms with Crippen LogP contribution < -0.4 is 5.43 Å². The lowest BCUT2D eigenvalue weighted by Crippen LogP contribution is -2.16. The standard InChI is InChI=1S/C17H20N4O4/c1-12(2)10-16(13-6-4-3-5-7-13)19-18-15-9-8-14(20(22)23)11-17(15)21(24)25/h3-4,8-11,13,18H,5-7H2,1-2H3/b19-16-/t13-/m0/s1. The smallest absolute Gasteiger partial charge is 0.271 e. The zero-order chi connectivity index (χ0) is 18.4. The number of non-ortho nitro benzene ring substituents is 1. The zero-order valence-electron chi connectivity index (χ0n) is 14.1. The Morgan fingerprint density at radius 3 is 2.56 bits per heavy atom. The van der Waals surface area contributed by atoms with Gasteiger partial charge in [-0.3, -0.25) is 25.7 Å². The van der Waals surface area contributed by atoms with Crippen LogP contribution in [0.4, 0.5) is 17.1 Å². The van der Waals surface area contributed by atoms with Crippen LogP contribution in [-0.2, 0) is 0 Å². The third-order valence-corrected chi connectivity index (χ3v) is 3.82. The summed E-state index contributed by atoms with van der Waals surface area (Å²) in [5.74, 6) is 0.240. The molecule has 0 aliphatic heterocycles. The van der Waals surface area contributed by atoms with Gasteiger partial charge in [0, 0.05) is 12.0 Å². The van der Waals surface area contributed by atoms with E-state index in [4.69, 9.17) is 0 Å². The van der Waals surface area contributed by atoms with Gasteiger partial charge < -0.3 is 0 Å². The molecular weight excluding hydrogens is 324 g/mol. The van der Waals surface area contributed by atoms with Crippen molar-refractivity contribution in [2.75, 3.05) is 5.43 Å². The van der Waals surface area contributed by atoms with E-state index in [1.165, 1.54) is 12.1 Å². The fraction of sp³-hybridized carbons (Fsp3) is 0.353. The van der Waals surface area contributed by atoms with E-state index in [1.54, 1.807) is 0 Å². The summed E-state index contributed by atoms with van der Waals surface area (Å²) in [4.78, 5) is 20.7. The van der Waals surface area contributed by atoms with E-state index < -0.39 is 9.85 Å². The van der Waals surface area contributed by atoms with Gasteiger partial charge in [-0.25, -0.2) is 0 Å². The molecule has 1 aromatic rings. The van der Waals surface area contributed by atoms with E-state index in [0.29, 0.717) is 0 Å². The lowest BCUT2D eigenvalue weighted by molar-refractivity contribution is -0.393. The number of nitro groups is 2. The molecule has 0 aromatic heterocycles. The third kappa shape index (κ3) is 4.97. The minimum absolute atomic E-state index is 0.126. The van der Waals surface area contributed by atoms with Crippen molar-refractivity contribution in [1.29, 1.82) is 0 Å². The molecule has 1 atom stereocenters. The number of benzene rings is 1. The molecule has 2 rings (SSSR count). The summed E-state index contributed by atoms with van der Waals surface area (Å²) in [6.07, 6.45) is 8.99. The van der Waals surface area contributed by atoms with Gasteiger partial charge in [0.25, 0.3) is 5.69 Å². The maximum absolute atomic E-state index is 11.2. The highest BCUT2D eigenvalue weighted by molar-refractivity contribution is 5.98. The second kappa shape index (κ2) is 8.18. The first-order valence-electron chi connectivity index (χ1n) is 7.95. The SMILES string of the molecule is CC(C)=C/C(=N/Nc1ccc([N+](=O)[O-])cc1[N+](=O)[O-])[C@H]1CC=CCC1. The van der Waals surface area contributed by atoms with Crippen molar-refractivity contribution in [3.05, 3.63) is 62.2 Å². The van der Waals surface area contributed by atoms with Gasteiger partial charge in [0.1, 0.15) is 5.69 Å². The summed E-state index contributed by atoms with van der Waals surface area (Å²) in [7, 11) is 0. The number of rotatable bonds is 6. The van der Waals surface area contributed by atoms with Gasteiger partial charge in [0.2, 0.25) is 0 Å². The van der Waals surface area contributed by atoms with Crippen molar-refractivity contribution in [1.82, 2.24) is 0 Å². The van der Waals surface area contributed by atoms with E-state index in [1.807, 2.05) is 19.9 Å². The average molecular weight is 344 g/mol. The van der Waals surface area contributed by atoms with Crippen LogP contribution in [0.1, 0.15) is 33.1 Å². The Hall–Kier alpha value is -3.03. The highest BCUT2D eigenvalue weighted by Gasteiger charge is 2.20. The van der Waals surface area contributed by atoms with Gasteiger partial charge >= 0.3 is 5.69 Å². The Bertz CT molecular complexity index is 764. The highest BCUT2D eigenvalue weighted by Crippen LogP contribution is 2.29. The minimum Gasteiger partial charge on any atom is -0.271 e. The van der Waals surface area contributed by atoms with Crippen LogP contribution in [-0.4, -0.2) is 15.6 Å². The molecule has 132 valence electrons. The Balaban J connectivity index is 2.33. The van der Waals surface area contributed by atoms with E-state index >= 15 is 0 Å². The van der Waals surface area contributed by atoms with Crippen LogP contribution in [0.25, 0.3) is 0 Å². The van der Waals surface area contributed by atoms with Crippen molar-refractivity contribution >= 4 is 22.8 Å². The number of nitro benzene ring substituents is 2. The van der Waals surface area contributed by atoms with Gasteiger partial charge in [0.05, 0.1) is 21.6 Å². The molecule has 8 heteroatoms. The summed E-state index contributed by atoms with van der Waals surface area (Å²) in [6, 6.07) is 3.46. The maximum Gasteiger partial charge on any atom is 0.301 e. The predicted octanol–water partition coefficient (Wildman–Crippen LogP) is 4.59. The topological polar surface area (TPSA) is 111 Å². The first kappa shape index (κ1) is 18.3. The molecule has 0 bridgehead atoms. The van der Waals surface area contributed by atoms with Crippen molar-refractivity contribution in [3.8, 4) is 0 Å². The molecule has 1 aliphatic rings. The van der Waals surface area contributed by atoms with Gasteiger partial charge in [-0.15, -0.1) is 0 Å². The Labute approximate surface area is 145 Å². The second-order valence-corrected chi connectivity index (χ2v) is 6.07. The second-order valence-electron chi connectivity index (χ2n) is 6.07. The summed E-state index contributed by atoms with van der Waals surface area (Å²) < 4.78 is 0. The number of allylic oxidation sites excluding steroid dienone is 4. The molecule has 0 heterocycles. The van der Waals surface area contributed by atoms with E-state index in [9.17, 15) is 20.2 Å². The molecule has 0 spiro atoms. The fourth-order valence-electron chi connectivity index (χ4n) is 2.60. The minimum atomic E-state index is -0.664. The molecule has 1 aromatic carbocycles. The number of hydrogen-bond acceptors (Lipinski definition) is 6. The monoisotopic (exact) mass is 344 g/mol. The lowest BCUT2D eigenvalue weighted by Gasteiger charge is -2.18. The Morgan fingerprint density at radius 1 is 1.24 bits per heavy atom. The summed E-state index contributed by atoms with van der Waals surface area (Å²) in [5.41, 5.74) is 4.03. The molecule has 0 radical (unpaired) electrons. The first-order valence-corrected chi connectivity index (χ1v) is 7.95. The zero-order valence-corrected chi connectivity index (χ0v) is 14.1. The number of nitrogens with one attached hydrogen (secondary N) is 1. The van der Waals surface area contributed by atoms with Crippen LogP contribution in [0.5, 0.6) is 0 Å². The van der Waals surface area contributed by atoms with Crippen LogP contribution in [0.2, 0.25) is 0 Å². The van der Waals surface area contributed by atoms with Gasteiger partial charge in [0.15, 0.2) is 0 Å². The molecule has 0 amide bonds. The quantitative estimate of drug-likeness (QED) is 0.351. The maximum atomic E-state index is 11.2. The molecular formula is C17H20N4O4.